The Morgan fingerprint density at radius 2 is 2.00 bits per heavy atom. The van der Waals surface area contributed by atoms with Crippen molar-refractivity contribution in [3.8, 4) is 0 Å². The predicted octanol–water partition coefficient (Wildman–Crippen LogP) is 2.51. The highest BCUT2D eigenvalue weighted by Crippen LogP contribution is 2.18. The van der Waals surface area contributed by atoms with Crippen LogP contribution in [0.15, 0.2) is 24.3 Å². The lowest BCUT2D eigenvalue weighted by Gasteiger charge is -2.41. The van der Waals surface area contributed by atoms with Crippen LogP contribution < -0.4 is 5.32 Å². The highest BCUT2D eigenvalue weighted by molar-refractivity contribution is 6.30. The van der Waals surface area contributed by atoms with Gasteiger partial charge in [-0.3, -0.25) is 14.5 Å². The monoisotopic (exact) mass is 385 g/mol. The molecule has 0 aromatic heterocycles. The number of alkyl halides is 1. The van der Waals surface area contributed by atoms with E-state index in [0.717, 1.165) is 5.56 Å². The number of amides is 2. The molecule has 0 spiro atoms. The Labute approximate surface area is 159 Å². The second-order valence-electron chi connectivity index (χ2n) is 7.33. The molecule has 1 aliphatic rings. The molecule has 1 aromatic rings. The Morgan fingerprint density at radius 1 is 1.28 bits per heavy atom. The van der Waals surface area contributed by atoms with Gasteiger partial charge in [-0.1, -0.05) is 23.7 Å². The third-order valence-electron chi connectivity index (χ3n) is 4.03. The molecular formula is C18H25Cl2N3O2. The Balaban J connectivity index is 2.17. The van der Waals surface area contributed by atoms with Gasteiger partial charge >= 0.3 is 0 Å². The van der Waals surface area contributed by atoms with E-state index in [1.165, 1.54) is 0 Å². The van der Waals surface area contributed by atoms with Crippen molar-refractivity contribution in [2.75, 3.05) is 25.5 Å². The second-order valence-corrected chi connectivity index (χ2v) is 8.03. The number of benzene rings is 1. The number of halogens is 2. The molecule has 0 aliphatic carbocycles. The third-order valence-corrected chi connectivity index (χ3v) is 4.50. The van der Waals surface area contributed by atoms with Crippen LogP contribution in [-0.4, -0.2) is 58.7 Å². The van der Waals surface area contributed by atoms with Crippen LogP contribution in [0.2, 0.25) is 5.02 Å². The van der Waals surface area contributed by atoms with Crippen molar-refractivity contribution >= 4 is 35.0 Å². The summed E-state index contributed by atoms with van der Waals surface area (Å²) in [6, 6.07) is 7.19. The lowest BCUT2D eigenvalue weighted by molar-refractivity contribution is -0.137. The van der Waals surface area contributed by atoms with Crippen LogP contribution in [0.4, 0.5) is 0 Å². The molecule has 1 fully saturated rings. The van der Waals surface area contributed by atoms with Crippen LogP contribution in [0.25, 0.3) is 0 Å². The van der Waals surface area contributed by atoms with Crippen LogP contribution in [-0.2, 0) is 16.1 Å². The number of hydrogen-bond donors (Lipinski definition) is 1. The van der Waals surface area contributed by atoms with Crippen LogP contribution in [0.5, 0.6) is 0 Å². The summed E-state index contributed by atoms with van der Waals surface area (Å²) in [4.78, 5) is 28.5. The van der Waals surface area contributed by atoms with Crippen molar-refractivity contribution in [3.05, 3.63) is 34.9 Å². The molecule has 1 heterocycles. The normalized spacial score (nSPS) is 18.9. The largest absolute Gasteiger partial charge is 0.350 e. The minimum absolute atomic E-state index is 0.0676. The van der Waals surface area contributed by atoms with E-state index in [1.54, 1.807) is 4.90 Å². The van der Waals surface area contributed by atoms with Crippen molar-refractivity contribution in [1.82, 2.24) is 15.1 Å². The van der Waals surface area contributed by atoms with Gasteiger partial charge in [-0.2, -0.15) is 0 Å². The Kier molecular flexibility index (Phi) is 6.72. The van der Waals surface area contributed by atoms with Gasteiger partial charge in [0.15, 0.2) is 0 Å². The summed E-state index contributed by atoms with van der Waals surface area (Å²) in [7, 11) is 0. The summed E-state index contributed by atoms with van der Waals surface area (Å²) >= 11 is 11.7. The maximum absolute atomic E-state index is 12.8. The maximum Gasteiger partial charge on any atom is 0.239 e. The molecule has 0 saturated carbocycles. The summed E-state index contributed by atoms with van der Waals surface area (Å²) in [6.45, 7) is 7.94. The molecular weight excluding hydrogens is 361 g/mol. The van der Waals surface area contributed by atoms with E-state index in [-0.39, 0.29) is 23.2 Å². The van der Waals surface area contributed by atoms with E-state index in [2.05, 4.69) is 10.2 Å². The van der Waals surface area contributed by atoms with E-state index in [9.17, 15) is 9.59 Å². The lowest BCUT2D eigenvalue weighted by Crippen LogP contribution is -2.61. The smallest absolute Gasteiger partial charge is 0.239 e. The summed E-state index contributed by atoms with van der Waals surface area (Å²) in [5.74, 6) is -0.290. The summed E-state index contributed by atoms with van der Waals surface area (Å²) in [6.07, 6.45) is 0. The van der Waals surface area contributed by atoms with Crippen LogP contribution in [0.1, 0.15) is 26.3 Å². The molecule has 2 amide bonds. The van der Waals surface area contributed by atoms with E-state index in [0.29, 0.717) is 31.2 Å². The molecule has 1 aliphatic heterocycles. The van der Waals surface area contributed by atoms with Gasteiger partial charge in [0.05, 0.1) is 0 Å². The van der Waals surface area contributed by atoms with Gasteiger partial charge in [0, 0.05) is 36.7 Å². The molecule has 1 N–H and O–H groups in total. The quantitative estimate of drug-likeness (QED) is 0.810. The number of nitrogens with one attached hydrogen (secondary N) is 1. The zero-order valence-electron chi connectivity index (χ0n) is 14.9. The van der Waals surface area contributed by atoms with Gasteiger partial charge in [0.25, 0.3) is 0 Å². The SMILES string of the molecule is CC(C)(C)NC(=O)[C@@H]1CN(C(=O)CCl)CCN1Cc1cccc(Cl)c1. The molecule has 5 nitrogen and oxygen atoms in total. The number of carbonyl (C=O) groups is 2. The van der Waals surface area contributed by atoms with E-state index in [1.807, 2.05) is 45.0 Å². The number of nitrogens with zero attached hydrogens (tertiary/aromatic N) is 2. The zero-order chi connectivity index (χ0) is 18.6. The van der Waals surface area contributed by atoms with Crippen LogP contribution in [0.3, 0.4) is 0 Å². The second kappa shape index (κ2) is 8.39. The fraction of sp³-hybridized carbons (Fsp3) is 0.556. The molecule has 7 heteroatoms. The highest BCUT2D eigenvalue weighted by Gasteiger charge is 2.35. The number of hydrogen-bond acceptors (Lipinski definition) is 3. The average molecular weight is 386 g/mol. The van der Waals surface area contributed by atoms with E-state index >= 15 is 0 Å². The fourth-order valence-electron chi connectivity index (χ4n) is 2.89. The number of rotatable bonds is 4. The van der Waals surface area contributed by atoms with Gasteiger partial charge in [-0.05, 0) is 38.5 Å². The summed E-state index contributed by atoms with van der Waals surface area (Å²) in [5.41, 5.74) is 0.704. The van der Waals surface area contributed by atoms with E-state index < -0.39 is 6.04 Å². The van der Waals surface area contributed by atoms with E-state index in [4.69, 9.17) is 23.2 Å². The third kappa shape index (κ3) is 5.87. The maximum atomic E-state index is 12.8. The molecule has 1 atom stereocenters. The van der Waals surface area contributed by atoms with Crippen molar-refractivity contribution in [2.45, 2.75) is 38.9 Å². The molecule has 0 radical (unpaired) electrons. The Hall–Kier alpha value is -1.30. The molecule has 138 valence electrons. The minimum Gasteiger partial charge on any atom is -0.350 e. The molecule has 25 heavy (non-hydrogen) atoms. The molecule has 0 bridgehead atoms. The molecule has 0 unspecified atom stereocenters. The van der Waals surface area contributed by atoms with Crippen molar-refractivity contribution in [1.29, 1.82) is 0 Å². The highest BCUT2D eigenvalue weighted by atomic mass is 35.5. The number of piperazine rings is 1. The topological polar surface area (TPSA) is 52.7 Å². The van der Waals surface area contributed by atoms with Crippen molar-refractivity contribution in [2.24, 2.45) is 0 Å². The predicted molar refractivity (Wildman–Crippen MR) is 101 cm³/mol. The Bertz CT molecular complexity index is 631. The summed E-state index contributed by atoms with van der Waals surface area (Å²) < 4.78 is 0. The molecule has 1 aromatic carbocycles. The fourth-order valence-corrected chi connectivity index (χ4v) is 3.27. The van der Waals surface area contributed by atoms with Crippen molar-refractivity contribution < 1.29 is 9.59 Å². The van der Waals surface area contributed by atoms with Gasteiger partial charge < -0.3 is 10.2 Å². The molecule has 2 rings (SSSR count). The average Bonchev–Trinajstić information content (AvgIpc) is 2.53. The van der Waals surface area contributed by atoms with Crippen molar-refractivity contribution in [3.63, 3.8) is 0 Å². The van der Waals surface area contributed by atoms with Gasteiger partial charge in [0.1, 0.15) is 11.9 Å². The standard InChI is InChI=1S/C18H25Cl2N3O2/c1-18(2,3)21-17(25)15-12-23(16(24)10-19)8-7-22(15)11-13-5-4-6-14(20)9-13/h4-6,9,15H,7-8,10-12H2,1-3H3,(H,21,25)/t15-/m0/s1. The zero-order valence-corrected chi connectivity index (χ0v) is 16.4. The molecule has 1 saturated heterocycles. The van der Waals surface area contributed by atoms with Crippen LogP contribution >= 0.6 is 23.2 Å². The first-order valence-electron chi connectivity index (χ1n) is 8.34. The van der Waals surface area contributed by atoms with Gasteiger partial charge in [-0.15, -0.1) is 11.6 Å². The minimum atomic E-state index is -0.417. The summed E-state index contributed by atoms with van der Waals surface area (Å²) in [5, 5.41) is 3.69. The number of carbonyl (C=O) groups excluding carboxylic acids is 2. The Morgan fingerprint density at radius 3 is 2.60 bits per heavy atom. The van der Waals surface area contributed by atoms with Gasteiger partial charge in [-0.25, -0.2) is 0 Å². The first kappa shape index (κ1) is 20.0. The van der Waals surface area contributed by atoms with Gasteiger partial charge in [0.2, 0.25) is 11.8 Å². The van der Waals surface area contributed by atoms with Crippen LogP contribution in [0, 0.1) is 0 Å². The first-order valence-corrected chi connectivity index (χ1v) is 9.25. The lowest BCUT2D eigenvalue weighted by atomic mass is 10.1. The first-order chi connectivity index (χ1) is 11.7.